The second-order valence-corrected chi connectivity index (χ2v) is 9.63. The van der Waals surface area contributed by atoms with Crippen LogP contribution in [0, 0.1) is 0 Å². The van der Waals surface area contributed by atoms with Crippen molar-refractivity contribution in [3.63, 3.8) is 0 Å². The van der Waals surface area contributed by atoms with E-state index in [1.807, 2.05) is 27.7 Å². The van der Waals surface area contributed by atoms with Crippen LogP contribution in [0.3, 0.4) is 0 Å². The predicted molar refractivity (Wildman–Crippen MR) is 96.6 cm³/mol. The van der Waals surface area contributed by atoms with Crippen LogP contribution in [0.4, 0.5) is 0 Å². The van der Waals surface area contributed by atoms with Crippen LogP contribution in [0.2, 0.25) is 12.6 Å². The van der Waals surface area contributed by atoms with Crippen molar-refractivity contribution in [2.45, 2.75) is 52.8 Å². The molecule has 1 heterocycles. The molecule has 0 aromatic carbocycles. The Morgan fingerprint density at radius 2 is 1.57 bits per heavy atom. The Morgan fingerprint density at radius 1 is 1.00 bits per heavy atom. The fourth-order valence-electron chi connectivity index (χ4n) is 1.90. The highest BCUT2D eigenvalue weighted by molar-refractivity contribution is 6.66. The van der Waals surface area contributed by atoms with Gasteiger partial charge in [0.05, 0.1) is 13.2 Å². The van der Waals surface area contributed by atoms with Crippen molar-refractivity contribution >= 4 is 18.6 Å². The van der Waals surface area contributed by atoms with Gasteiger partial charge in [-0.25, -0.2) is 0 Å². The highest BCUT2D eigenvalue weighted by Gasteiger charge is 2.30. The van der Waals surface area contributed by atoms with E-state index in [1.54, 1.807) is 0 Å². The van der Waals surface area contributed by atoms with Gasteiger partial charge in [-0.2, -0.15) is 0 Å². The van der Waals surface area contributed by atoms with Crippen molar-refractivity contribution in [1.29, 1.82) is 0 Å². The third-order valence-corrected chi connectivity index (χ3v) is 7.31. The van der Waals surface area contributed by atoms with E-state index in [-0.39, 0.29) is 0 Å². The molecule has 1 atom stereocenters. The van der Waals surface area contributed by atoms with E-state index >= 15 is 0 Å². The first-order valence-corrected chi connectivity index (χ1v) is 12.4. The smallest absolute Gasteiger partial charge is 0.334 e. The van der Waals surface area contributed by atoms with Crippen molar-refractivity contribution in [2.75, 3.05) is 46.2 Å². The van der Waals surface area contributed by atoms with Crippen LogP contribution in [0.5, 0.6) is 0 Å². The summed E-state index contributed by atoms with van der Waals surface area (Å²) < 4.78 is 32.0. The zero-order chi connectivity index (χ0) is 17.4. The van der Waals surface area contributed by atoms with Gasteiger partial charge in [0.2, 0.25) is 0 Å². The molecule has 8 heteroatoms. The molecule has 23 heavy (non-hydrogen) atoms. The Morgan fingerprint density at radius 3 is 2.00 bits per heavy atom. The second-order valence-electron chi connectivity index (χ2n) is 5.24. The molecule has 1 rings (SSSR count). The minimum Gasteiger partial charge on any atom is -0.399 e. The average molecular weight is 369 g/mol. The van der Waals surface area contributed by atoms with Gasteiger partial charge in [-0.1, -0.05) is 0 Å². The lowest BCUT2D eigenvalue weighted by Gasteiger charge is -2.25. The van der Waals surface area contributed by atoms with Crippen molar-refractivity contribution in [2.24, 2.45) is 0 Å². The van der Waals surface area contributed by atoms with E-state index in [1.165, 1.54) is 0 Å². The average Bonchev–Trinajstić information content (AvgIpc) is 3.33. The van der Waals surface area contributed by atoms with Gasteiger partial charge in [-0.3, -0.25) is 0 Å². The van der Waals surface area contributed by atoms with Crippen molar-refractivity contribution < 1.29 is 27.2 Å². The van der Waals surface area contributed by atoms with Crippen LogP contribution in [-0.4, -0.2) is 70.9 Å². The summed E-state index contributed by atoms with van der Waals surface area (Å²) in [6, 6.07) is 1.00. The third kappa shape index (κ3) is 15.5. The summed E-state index contributed by atoms with van der Waals surface area (Å²) >= 11 is 0. The summed E-state index contributed by atoms with van der Waals surface area (Å²) in [7, 11) is -2.51. The summed E-state index contributed by atoms with van der Waals surface area (Å²) in [6.45, 7) is 15.6. The fourth-order valence-corrected chi connectivity index (χ4v) is 4.73. The number of rotatable bonds is 14. The van der Waals surface area contributed by atoms with Crippen molar-refractivity contribution in [3.05, 3.63) is 0 Å². The maximum atomic E-state index is 5.75. The van der Waals surface area contributed by atoms with Gasteiger partial charge < -0.3 is 27.2 Å². The van der Waals surface area contributed by atoms with E-state index in [0.29, 0.717) is 6.10 Å². The molecule has 6 nitrogen and oxygen atoms in total. The topological polar surface area (TPSA) is 58.7 Å². The fraction of sp³-hybridized carbons (Fsp3) is 1.00. The first-order chi connectivity index (χ1) is 11.1. The Kier molecular flexibility index (Phi) is 15.8. The number of epoxide rings is 1. The molecule has 0 radical (unpaired) electrons. The molecule has 0 bridgehead atoms. The predicted octanol–water partition coefficient (Wildman–Crippen LogP) is 2.00. The summed E-state index contributed by atoms with van der Waals surface area (Å²) in [5.74, 6) is 0. The Bertz CT molecular complexity index is 244. The van der Waals surface area contributed by atoms with Gasteiger partial charge in [0.1, 0.15) is 6.10 Å². The van der Waals surface area contributed by atoms with Crippen LogP contribution in [-0.2, 0) is 27.2 Å². The maximum absolute atomic E-state index is 5.75. The normalized spacial score (nSPS) is 16.8. The van der Waals surface area contributed by atoms with Crippen molar-refractivity contribution in [1.82, 2.24) is 0 Å². The first kappa shape index (κ1) is 23.2. The lowest BCUT2D eigenvalue weighted by molar-refractivity contribution is 0.113. The van der Waals surface area contributed by atoms with E-state index in [0.717, 1.165) is 58.7 Å². The number of ether oxygens (including phenoxy) is 2. The molecule has 1 fully saturated rings. The molecule has 140 valence electrons. The summed E-state index contributed by atoms with van der Waals surface area (Å²) in [6.07, 6.45) is 1.37. The lowest BCUT2D eigenvalue weighted by atomic mass is 10.5. The minimum absolute atomic E-state index is 0.363. The molecule has 0 spiro atoms. The monoisotopic (exact) mass is 368 g/mol. The molecular formula is C15H36O6Si2. The van der Waals surface area contributed by atoms with E-state index in [4.69, 9.17) is 27.2 Å². The summed E-state index contributed by atoms with van der Waals surface area (Å²) in [5.41, 5.74) is 0. The van der Waals surface area contributed by atoms with Gasteiger partial charge in [-0.05, 0) is 46.7 Å². The Hall–Kier alpha value is 0.194. The molecule has 0 aromatic rings. The molecule has 0 N–H and O–H groups in total. The molecule has 0 aromatic heterocycles. The van der Waals surface area contributed by atoms with Crippen LogP contribution >= 0.6 is 0 Å². The second kappa shape index (κ2) is 15.7. The SMILES string of the molecule is CCO[SiH2]OCC.CCO[Si](C)(CCCOCC1CO1)OCC. The molecule has 0 amide bonds. The first-order valence-electron chi connectivity index (χ1n) is 8.74. The van der Waals surface area contributed by atoms with Crippen molar-refractivity contribution in [3.8, 4) is 0 Å². The summed E-state index contributed by atoms with van der Waals surface area (Å²) in [4.78, 5) is 0. The molecule has 1 aliphatic heterocycles. The highest BCUT2D eigenvalue weighted by Crippen LogP contribution is 2.16. The quantitative estimate of drug-likeness (QED) is 0.265. The maximum Gasteiger partial charge on any atom is 0.334 e. The Labute approximate surface area is 145 Å². The molecule has 1 saturated heterocycles. The molecule has 0 saturated carbocycles. The zero-order valence-electron chi connectivity index (χ0n) is 15.6. The van der Waals surface area contributed by atoms with Gasteiger partial charge in [0.15, 0.2) is 0 Å². The van der Waals surface area contributed by atoms with E-state index in [2.05, 4.69) is 6.55 Å². The largest absolute Gasteiger partial charge is 0.399 e. The third-order valence-electron chi connectivity index (χ3n) is 3.10. The zero-order valence-corrected chi connectivity index (χ0v) is 18.0. The molecule has 0 aliphatic carbocycles. The molecular weight excluding hydrogens is 332 g/mol. The van der Waals surface area contributed by atoms with Crippen LogP contribution in [0.1, 0.15) is 34.1 Å². The van der Waals surface area contributed by atoms with E-state index in [9.17, 15) is 0 Å². The molecule has 1 aliphatic rings. The van der Waals surface area contributed by atoms with E-state index < -0.39 is 18.6 Å². The highest BCUT2D eigenvalue weighted by atomic mass is 28.4. The van der Waals surface area contributed by atoms with Gasteiger partial charge in [0, 0.05) is 33.0 Å². The minimum atomic E-state index is -1.92. The van der Waals surface area contributed by atoms with Crippen LogP contribution in [0.25, 0.3) is 0 Å². The summed E-state index contributed by atoms with van der Waals surface area (Å²) in [5, 5.41) is 0. The Balaban J connectivity index is 0.000000585. The van der Waals surface area contributed by atoms with Gasteiger partial charge in [-0.15, -0.1) is 0 Å². The van der Waals surface area contributed by atoms with Gasteiger partial charge in [0.25, 0.3) is 0 Å². The van der Waals surface area contributed by atoms with Crippen LogP contribution in [0.15, 0.2) is 0 Å². The lowest BCUT2D eigenvalue weighted by Crippen LogP contribution is -2.38. The van der Waals surface area contributed by atoms with Gasteiger partial charge >= 0.3 is 18.6 Å². The number of hydrogen-bond acceptors (Lipinski definition) is 6. The molecule has 1 unspecified atom stereocenters. The standard InChI is InChI=1S/C11H24O4Si.C4H12O2Si/c1-4-14-16(3,15-5-2)8-6-7-12-9-11-10-13-11;1-3-5-7-6-4-2/h11H,4-10H2,1-3H3;3-4,7H2,1-2H3. The van der Waals surface area contributed by atoms with Crippen LogP contribution < -0.4 is 0 Å². The number of hydrogen-bond donors (Lipinski definition) is 0.